The molecule has 5 heteroatoms. The third-order valence-electron chi connectivity index (χ3n) is 4.12. The predicted octanol–water partition coefficient (Wildman–Crippen LogP) is 6.91. The SMILES string of the molecule is Clc1ccc(COC(c2cccs2)c2cc3ccccc3nc2Cl)cc1. The standard InChI is InChI=1S/C21H15Cl2NOS/c22-16-9-7-14(8-10-16)13-25-20(19-6-3-11-26-19)17-12-15-4-1-2-5-18(15)24-21(17)23/h1-12,20H,13H2. The minimum atomic E-state index is -0.268. The second kappa shape index (κ2) is 7.77. The minimum Gasteiger partial charge on any atom is -0.363 e. The number of halogens is 2. The maximum Gasteiger partial charge on any atom is 0.135 e. The van der Waals surface area contributed by atoms with Crippen molar-refractivity contribution >= 4 is 45.4 Å². The third kappa shape index (κ3) is 3.76. The molecule has 1 atom stereocenters. The van der Waals surface area contributed by atoms with Gasteiger partial charge >= 0.3 is 0 Å². The molecule has 130 valence electrons. The molecular weight excluding hydrogens is 385 g/mol. The first-order valence-corrected chi connectivity index (χ1v) is 9.79. The Kier molecular flexibility index (Phi) is 5.23. The van der Waals surface area contributed by atoms with Crippen LogP contribution in [-0.4, -0.2) is 4.98 Å². The zero-order valence-corrected chi connectivity index (χ0v) is 16.1. The first kappa shape index (κ1) is 17.5. The van der Waals surface area contributed by atoms with Gasteiger partial charge in [-0.05, 0) is 41.3 Å². The highest BCUT2D eigenvalue weighted by Gasteiger charge is 2.20. The molecule has 4 aromatic rings. The molecule has 0 saturated carbocycles. The quantitative estimate of drug-likeness (QED) is 0.340. The van der Waals surface area contributed by atoms with E-state index in [1.54, 1.807) is 11.3 Å². The number of hydrogen-bond acceptors (Lipinski definition) is 3. The summed E-state index contributed by atoms with van der Waals surface area (Å²) in [6, 6.07) is 21.8. The van der Waals surface area contributed by atoms with Crippen LogP contribution in [0.5, 0.6) is 0 Å². The molecule has 0 aliphatic rings. The largest absolute Gasteiger partial charge is 0.363 e. The van der Waals surface area contributed by atoms with Gasteiger partial charge in [-0.15, -0.1) is 11.3 Å². The average Bonchev–Trinajstić information content (AvgIpc) is 3.18. The van der Waals surface area contributed by atoms with E-state index in [0.717, 1.165) is 26.9 Å². The number of nitrogens with zero attached hydrogens (tertiary/aromatic N) is 1. The van der Waals surface area contributed by atoms with Crippen molar-refractivity contribution in [2.24, 2.45) is 0 Å². The van der Waals surface area contributed by atoms with Crippen LogP contribution in [0.4, 0.5) is 0 Å². The number of para-hydroxylation sites is 1. The molecule has 2 aromatic carbocycles. The number of pyridine rings is 1. The van der Waals surface area contributed by atoms with Gasteiger partial charge in [-0.25, -0.2) is 4.98 Å². The summed E-state index contributed by atoms with van der Waals surface area (Å²) >= 11 is 14.1. The van der Waals surface area contributed by atoms with E-state index < -0.39 is 0 Å². The van der Waals surface area contributed by atoms with E-state index >= 15 is 0 Å². The number of thiophene rings is 1. The molecule has 26 heavy (non-hydrogen) atoms. The highest BCUT2D eigenvalue weighted by atomic mass is 35.5. The number of hydrogen-bond donors (Lipinski definition) is 0. The van der Waals surface area contributed by atoms with Gasteiger partial charge in [0.15, 0.2) is 0 Å². The molecule has 2 heterocycles. The first-order valence-electron chi connectivity index (χ1n) is 8.15. The van der Waals surface area contributed by atoms with Crippen molar-refractivity contribution in [2.75, 3.05) is 0 Å². The average molecular weight is 400 g/mol. The molecule has 0 saturated heterocycles. The van der Waals surface area contributed by atoms with Crippen LogP contribution < -0.4 is 0 Å². The summed E-state index contributed by atoms with van der Waals surface area (Å²) in [6.45, 7) is 0.461. The summed E-state index contributed by atoms with van der Waals surface area (Å²) in [6.07, 6.45) is -0.268. The lowest BCUT2D eigenvalue weighted by Crippen LogP contribution is -2.07. The van der Waals surface area contributed by atoms with Crippen molar-refractivity contribution < 1.29 is 4.74 Å². The molecule has 2 aromatic heterocycles. The third-order valence-corrected chi connectivity index (χ3v) is 5.59. The van der Waals surface area contributed by atoms with Crippen molar-refractivity contribution in [3.05, 3.63) is 98.3 Å². The number of aromatic nitrogens is 1. The maximum absolute atomic E-state index is 6.51. The van der Waals surface area contributed by atoms with Crippen LogP contribution in [0.3, 0.4) is 0 Å². The van der Waals surface area contributed by atoms with Gasteiger partial charge in [-0.3, -0.25) is 0 Å². The molecule has 1 unspecified atom stereocenters. The smallest absolute Gasteiger partial charge is 0.135 e. The number of ether oxygens (including phenoxy) is 1. The van der Waals surface area contributed by atoms with Crippen molar-refractivity contribution in [3.63, 3.8) is 0 Å². The van der Waals surface area contributed by atoms with Gasteiger partial charge in [-0.2, -0.15) is 0 Å². The zero-order chi connectivity index (χ0) is 17.9. The van der Waals surface area contributed by atoms with Gasteiger partial charge in [0.05, 0.1) is 12.1 Å². The second-order valence-electron chi connectivity index (χ2n) is 5.89. The zero-order valence-electron chi connectivity index (χ0n) is 13.7. The molecule has 0 aliphatic heterocycles. The number of rotatable bonds is 5. The molecule has 0 N–H and O–H groups in total. The van der Waals surface area contributed by atoms with E-state index in [0.29, 0.717) is 16.8 Å². The molecule has 2 nitrogen and oxygen atoms in total. The van der Waals surface area contributed by atoms with E-state index in [1.165, 1.54) is 0 Å². The van der Waals surface area contributed by atoms with Gasteiger partial charge < -0.3 is 4.74 Å². The Morgan fingerprint density at radius 3 is 2.54 bits per heavy atom. The lowest BCUT2D eigenvalue weighted by atomic mass is 10.1. The van der Waals surface area contributed by atoms with Gasteiger partial charge in [0, 0.05) is 20.8 Å². The van der Waals surface area contributed by atoms with Crippen molar-refractivity contribution in [2.45, 2.75) is 12.7 Å². The van der Waals surface area contributed by atoms with E-state index in [-0.39, 0.29) is 6.10 Å². The summed E-state index contributed by atoms with van der Waals surface area (Å²) < 4.78 is 6.27. The Balaban J connectivity index is 1.69. The summed E-state index contributed by atoms with van der Waals surface area (Å²) in [7, 11) is 0. The number of fused-ring (bicyclic) bond motifs is 1. The van der Waals surface area contributed by atoms with Crippen LogP contribution in [0.25, 0.3) is 10.9 Å². The number of benzene rings is 2. The molecule has 0 fully saturated rings. The first-order chi connectivity index (χ1) is 12.7. The van der Waals surface area contributed by atoms with Gasteiger partial charge in [0.25, 0.3) is 0 Å². The van der Waals surface area contributed by atoms with Crippen LogP contribution in [0.15, 0.2) is 72.1 Å². The summed E-state index contributed by atoms with van der Waals surface area (Å²) in [5, 5.41) is 4.27. The molecule has 4 rings (SSSR count). The fourth-order valence-electron chi connectivity index (χ4n) is 2.82. The lowest BCUT2D eigenvalue weighted by Gasteiger charge is -2.19. The summed E-state index contributed by atoms with van der Waals surface area (Å²) in [4.78, 5) is 5.64. The van der Waals surface area contributed by atoms with Crippen molar-refractivity contribution in [1.29, 1.82) is 0 Å². The Hall–Kier alpha value is -1.91. The Bertz CT molecular complexity index is 1020. The van der Waals surface area contributed by atoms with Crippen LogP contribution in [0.1, 0.15) is 22.1 Å². The normalized spacial score (nSPS) is 12.4. The van der Waals surface area contributed by atoms with E-state index in [9.17, 15) is 0 Å². The Morgan fingerprint density at radius 1 is 0.962 bits per heavy atom. The van der Waals surface area contributed by atoms with Crippen molar-refractivity contribution in [3.8, 4) is 0 Å². The van der Waals surface area contributed by atoms with Crippen molar-refractivity contribution in [1.82, 2.24) is 4.98 Å². The fraction of sp³-hybridized carbons (Fsp3) is 0.0952. The van der Waals surface area contributed by atoms with Crippen LogP contribution in [-0.2, 0) is 11.3 Å². The predicted molar refractivity (Wildman–Crippen MR) is 109 cm³/mol. The highest BCUT2D eigenvalue weighted by Crippen LogP contribution is 2.35. The Labute approximate surface area is 166 Å². The summed E-state index contributed by atoms with van der Waals surface area (Å²) in [5.41, 5.74) is 2.81. The highest BCUT2D eigenvalue weighted by molar-refractivity contribution is 7.10. The topological polar surface area (TPSA) is 22.1 Å². The minimum absolute atomic E-state index is 0.268. The maximum atomic E-state index is 6.51. The van der Waals surface area contributed by atoms with E-state index in [2.05, 4.69) is 17.1 Å². The lowest BCUT2D eigenvalue weighted by molar-refractivity contribution is 0.0690. The van der Waals surface area contributed by atoms with E-state index in [1.807, 2.05) is 60.0 Å². The monoisotopic (exact) mass is 399 g/mol. The molecular formula is C21H15Cl2NOS. The molecule has 0 radical (unpaired) electrons. The molecule has 0 aliphatic carbocycles. The van der Waals surface area contributed by atoms with Gasteiger partial charge in [0.2, 0.25) is 0 Å². The molecule has 0 spiro atoms. The van der Waals surface area contributed by atoms with E-state index in [4.69, 9.17) is 27.9 Å². The molecule has 0 amide bonds. The Morgan fingerprint density at radius 2 is 1.77 bits per heavy atom. The molecule has 0 bridgehead atoms. The van der Waals surface area contributed by atoms with Crippen LogP contribution in [0, 0.1) is 0 Å². The van der Waals surface area contributed by atoms with Crippen LogP contribution >= 0.6 is 34.5 Å². The van der Waals surface area contributed by atoms with Gasteiger partial charge in [0.1, 0.15) is 11.3 Å². The summed E-state index contributed by atoms with van der Waals surface area (Å²) in [5.74, 6) is 0. The van der Waals surface area contributed by atoms with Gasteiger partial charge in [-0.1, -0.05) is 59.6 Å². The fourth-order valence-corrected chi connectivity index (χ4v) is 3.98. The second-order valence-corrected chi connectivity index (χ2v) is 7.67. The van der Waals surface area contributed by atoms with Crippen LogP contribution in [0.2, 0.25) is 10.2 Å².